The molecule has 1 atom stereocenters. The van der Waals surface area contributed by atoms with Crippen LogP contribution in [0.25, 0.3) is 0 Å². The minimum absolute atomic E-state index is 0.130. The van der Waals surface area contributed by atoms with E-state index in [1.165, 1.54) is 6.42 Å². The number of amides is 1. The second-order valence-corrected chi connectivity index (χ2v) is 5.89. The lowest BCUT2D eigenvalue weighted by Crippen LogP contribution is -2.47. The third-order valence-corrected chi connectivity index (χ3v) is 4.02. The van der Waals surface area contributed by atoms with E-state index in [0.29, 0.717) is 17.9 Å². The van der Waals surface area contributed by atoms with Gasteiger partial charge in [-0.3, -0.25) is 4.79 Å². The molecule has 0 aromatic rings. The van der Waals surface area contributed by atoms with Crippen molar-refractivity contribution >= 4 is 5.91 Å². The highest BCUT2D eigenvalue weighted by Crippen LogP contribution is 2.15. The fourth-order valence-corrected chi connectivity index (χ4v) is 2.75. The van der Waals surface area contributed by atoms with Crippen molar-refractivity contribution in [2.45, 2.75) is 39.2 Å². The molecule has 2 rings (SSSR count). The Bertz CT molecular complexity index is 267. The molecular formula is C14H26N2O2. The Balaban J connectivity index is 1.65. The lowest BCUT2D eigenvalue weighted by atomic mass is 10.0. The Morgan fingerprint density at radius 2 is 2.06 bits per heavy atom. The van der Waals surface area contributed by atoms with E-state index < -0.39 is 0 Å². The summed E-state index contributed by atoms with van der Waals surface area (Å²) in [6.07, 6.45) is 3.37. The molecule has 0 aromatic heterocycles. The number of carbonyl (C=O) groups excluding carboxylic acids is 1. The van der Waals surface area contributed by atoms with Gasteiger partial charge in [0.15, 0.2) is 0 Å². The van der Waals surface area contributed by atoms with E-state index in [1.807, 2.05) is 18.7 Å². The average molecular weight is 254 g/mol. The van der Waals surface area contributed by atoms with Crippen LogP contribution in [0.4, 0.5) is 0 Å². The highest BCUT2D eigenvalue weighted by atomic mass is 16.5. The maximum absolute atomic E-state index is 11.9. The average Bonchev–Trinajstić information content (AvgIpc) is 2.89. The number of ether oxygens (including phenoxy) is 1. The van der Waals surface area contributed by atoms with Crippen LogP contribution in [0, 0.1) is 11.8 Å². The van der Waals surface area contributed by atoms with E-state index in [-0.39, 0.29) is 5.92 Å². The molecule has 4 nitrogen and oxygen atoms in total. The van der Waals surface area contributed by atoms with E-state index in [0.717, 1.165) is 45.7 Å². The van der Waals surface area contributed by atoms with Crippen molar-refractivity contribution in [1.29, 1.82) is 0 Å². The SMILES string of the molecule is CC(C)C(=O)N1CCC(NCC2CCOC2)CC1. The van der Waals surface area contributed by atoms with Crippen molar-refractivity contribution < 1.29 is 9.53 Å². The van der Waals surface area contributed by atoms with Gasteiger partial charge in [0.05, 0.1) is 6.61 Å². The van der Waals surface area contributed by atoms with Crippen LogP contribution < -0.4 is 5.32 Å². The summed E-state index contributed by atoms with van der Waals surface area (Å²) in [5, 5.41) is 3.63. The molecule has 2 fully saturated rings. The maximum Gasteiger partial charge on any atom is 0.225 e. The molecule has 1 amide bonds. The van der Waals surface area contributed by atoms with Crippen molar-refractivity contribution in [3.63, 3.8) is 0 Å². The largest absolute Gasteiger partial charge is 0.381 e. The van der Waals surface area contributed by atoms with Crippen LogP contribution in [-0.2, 0) is 9.53 Å². The normalized spacial score (nSPS) is 25.9. The zero-order valence-electron chi connectivity index (χ0n) is 11.7. The molecule has 18 heavy (non-hydrogen) atoms. The molecule has 0 aliphatic carbocycles. The summed E-state index contributed by atoms with van der Waals surface area (Å²) in [6, 6.07) is 0.585. The van der Waals surface area contributed by atoms with Crippen molar-refractivity contribution in [3.8, 4) is 0 Å². The highest BCUT2D eigenvalue weighted by molar-refractivity contribution is 5.78. The van der Waals surface area contributed by atoms with Gasteiger partial charge in [-0.2, -0.15) is 0 Å². The van der Waals surface area contributed by atoms with E-state index in [9.17, 15) is 4.79 Å². The second-order valence-electron chi connectivity index (χ2n) is 5.89. The molecule has 104 valence electrons. The number of hydrogen-bond acceptors (Lipinski definition) is 3. The quantitative estimate of drug-likeness (QED) is 0.821. The van der Waals surface area contributed by atoms with Crippen molar-refractivity contribution in [2.75, 3.05) is 32.8 Å². The molecule has 0 spiro atoms. The molecule has 1 N–H and O–H groups in total. The van der Waals surface area contributed by atoms with Crippen molar-refractivity contribution in [3.05, 3.63) is 0 Å². The molecule has 0 radical (unpaired) electrons. The van der Waals surface area contributed by atoms with Crippen molar-refractivity contribution in [2.24, 2.45) is 11.8 Å². The monoisotopic (exact) mass is 254 g/mol. The van der Waals surface area contributed by atoms with Gasteiger partial charge in [-0.25, -0.2) is 0 Å². The summed E-state index contributed by atoms with van der Waals surface area (Å²) in [4.78, 5) is 13.9. The van der Waals surface area contributed by atoms with Crippen LogP contribution in [0.5, 0.6) is 0 Å². The summed E-state index contributed by atoms with van der Waals surface area (Å²) in [5.41, 5.74) is 0. The molecule has 1 unspecified atom stereocenters. The van der Waals surface area contributed by atoms with Gasteiger partial charge in [0.2, 0.25) is 5.91 Å². The smallest absolute Gasteiger partial charge is 0.225 e. The molecule has 0 bridgehead atoms. The summed E-state index contributed by atoms with van der Waals surface area (Å²) < 4.78 is 5.38. The molecule has 4 heteroatoms. The number of likely N-dealkylation sites (tertiary alicyclic amines) is 1. The molecule has 0 saturated carbocycles. The first-order valence-electron chi connectivity index (χ1n) is 7.26. The topological polar surface area (TPSA) is 41.6 Å². The Hall–Kier alpha value is -0.610. The van der Waals surface area contributed by atoms with E-state index >= 15 is 0 Å². The van der Waals surface area contributed by atoms with Gasteiger partial charge in [0.1, 0.15) is 0 Å². The Kier molecular flexibility index (Phi) is 5.01. The summed E-state index contributed by atoms with van der Waals surface area (Å²) in [6.45, 7) is 8.69. The lowest BCUT2D eigenvalue weighted by molar-refractivity contribution is -0.135. The molecule has 0 aromatic carbocycles. The first kappa shape index (κ1) is 13.8. The fraction of sp³-hybridized carbons (Fsp3) is 0.929. The zero-order valence-corrected chi connectivity index (χ0v) is 11.7. The highest BCUT2D eigenvalue weighted by Gasteiger charge is 2.25. The molecule has 2 saturated heterocycles. The predicted molar refractivity (Wildman–Crippen MR) is 71.4 cm³/mol. The summed E-state index contributed by atoms with van der Waals surface area (Å²) in [7, 11) is 0. The Morgan fingerprint density at radius 3 is 2.61 bits per heavy atom. The van der Waals surface area contributed by atoms with Gasteiger partial charge in [-0.1, -0.05) is 13.8 Å². The van der Waals surface area contributed by atoms with E-state index in [1.54, 1.807) is 0 Å². The Labute approximate surface area is 110 Å². The van der Waals surface area contributed by atoms with Gasteiger partial charge < -0.3 is 15.0 Å². The lowest BCUT2D eigenvalue weighted by Gasteiger charge is -2.34. The minimum atomic E-state index is 0.130. The van der Waals surface area contributed by atoms with E-state index in [2.05, 4.69) is 5.32 Å². The van der Waals surface area contributed by atoms with Gasteiger partial charge in [-0.05, 0) is 25.2 Å². The van der Waals surface area contributed by atoms with Gasteiger partial charge in [0.25, 0.3) is 0 Å². The summed E-state index contributed by atoms with van der Waals surface area (Å²) in [5.74, 6) is 1.13. The molecule has 2 aliphatic rings. The van der Waals surface area contributed by atoms with Crippen LogP contribution in [-0.4, -0.2) is 49.7 Å². The zero-order chi connectivity index (χ0) is 13.0. The third kappa shape index (κ3) is 3.69. The fourth-order valence-electron chi connectivity index (χ4n) is 2.75. The van der Waals surface area contributed by atoms with Gasteiger partial charge >= 0.3 is 0 Å². The third-order valence-electron chi connectivity index (χ3n) is 4.02. The van der Waals surface area contributed by atoms with Gasteiger partial charge in [0, 0.05) is 38.2 Å². The second kappa shape index (κ2) is 6.53. The number of nitrogens with zero attached hydrogens (tertiary/aromatic N) is 1. The first-order chi connectivity index (χ1) is 8.66. The predicted octanol–water partition coefficient (Wildman–Crippen LogP) is 1.26. The first-order valence-corrected chi connectivity index (χ1v) is 7.26. The van der Waals surface area contributed by atoms with E-state index in [4.69, 9.17) is 4.74 Å². The number of nitrogens with one attached hydrogen (secondary N) is 1. The minimum Gasteiger partial charge on any atom is -0.381 e. The Morgan fingerprint density at radius 1 is 1.33 bits per heavy atom. The molecular weight excluding hydrogens is 228 g/mol. The summed E-state index contributed by atoms with van der Waals surface area (Å²) >= 11 is 0. The van der Waals surface area contributed by atoms with Gasteiger partial charge in [-0.15, -0.1) is 0 Å². The van der Waals surface area contributed by atoms with Crippen LogP contribution in [0.2, 0.25) is 0 Å². The maximum atomic E-state index is 11.9. The molecule has 2 aliphatic heterocycles. The standard InChI is InChI=1S/C14H26N2O2/c1-11(2)14(17)16-6-3-13(4-7-16)15-9-12-5-8-18-10-12/h11-13,15H,3-10H2,1-2H3. The van der Waals surface area contributed by atoms with Crippen LogP contribution in [0.3, 0.4) is 0 Å². The van der Waals surface area contributed by atoms with Crippen molar-refractivity contribution in [1.82, 2.24) is 10.2 Å². The molecule has 2 heterocycles. The number of rotatable bonds is 4. The number of piperidine rings is 1. The number of carbonyl (C=O) groups is 1. The van der Waals surface area contributed by atoms with Crippen LogP contribution in [0.15, 0.2) is 0 Å². The van der Waals surface area contributed by atoms with Crippen LogP contribution in [0.1, 0.15) is 33.1 Å². The number of hydrogen-bond donors (Lipinski definition) is 1. The van der Waals surface area contributed by atoms with Crippen LogP contribution >= 0.6 is 0 Å².